The molecule has 25 heavy (non-hydrogen) atoms. The topological polar surface area (TPSA) is 98.3 Å². The molecule has 0 radical (unpaired) electrons. The summed E-state index contributed by atoms with van der Waals surface area (Å²) in [6, 6.07) is 1.76. The van der Waals surface area contributed by atoms with Crippen LogP contribution in [-0.2, 0) is 5.54 Å². The SMILES string of the molecule is CC(C)(C)n1nc(-c2[nH]c3ncc(Cl)cc3c2Cl)c2c(N)ncnc21. The van der Waals surface area contributed by atoms with Crippen LogP contribution >= 0.6 is 23.2 Å². The van der Waals surface area contributed by atoms with Crippen LogP contribution in [0.15, 0.2) is 18.6 Å². The summed E-state index contributed by atoms with van der Waals surface area (Å²) in [5.41, 5.74) is 8.30. The predicted octanol–water partition coefficient (Wildman–Crippen LogP) is 4.01. The minimum atomic E-state index is -0.294. The van der Waals surface area contributed by atoms with Crippen molar-refractivity contribution in [3.05, 3.63) is 28.6 Å². The molecule has 0 saturated heterocycles. The van der Waals surface area contributed by atoms with E-state index in [1.54, 1.807) is 12.3 Å². The van der Waals surface area contributed by atoms with Crippen molar-refractivity contribution in [1.82, 2.24) is 29.7 Å². The van der Waals surface area contributed by atoms with Crippen molar-refractivity contribution in [1.29, 1.82) is 0 Å². The van der Waals surface area contributed by atoms with Gasteiger partial charge in [-0.1, -0.05) is 23.2 Å². The zero-order chi connectivity index (χ0) is 17.9. The lowest BCUT2D eigenvalue weighted by atomic mass is 10.1. The molecule has 0 aromatic carbocycles. The van der Waals surface area contributed by atoms with Gasteiger partial charge in [0.25, 0.3) is 0 Å². The number of rotatable bonds is 1. The third kappa shape index (κ3) is 2.42. The van der Waals surface area contributed by atoms with Crippen molar-refractivity contribution in [3.8, 4) is 11.4 Å². The molecular weight excluding hydrogens is 361 g/mol. The first-order chi connectivity index (χ1) is 11.8. The Labute approximate surface area is 153 Å². The lowest BCUT2D eigenvalue weighted by Gasteiger charge is -2.19. The Bertz CT molecular complexity index is 1120. The van der Waals surface area contributed by atoms with Gasteiger partial charge in [0, 0.05) is 11.6 Å². The molecule has 0 atom stereocenters. The number of pyridine rings is 1. The first-order valence-electron chi connectivity index (χ1n) is 7.60. The van der Waals surface area contributed by atoms with Crippen molar-refractivity contribution in [2.75, 3.05) is 5.73 Å². The molecule has 0 spiro atoms. The van der Waals surface area contributed by atoms with Crippen LogP contribution in [0.25, 0.3) is 33.5 Å². The van der Waals surface area contributed by atoms with E-state index in [1.807, 2.05) is 25.5 Å². The number of hydrogen-bond donors (Lipinski definition) is 2. The zero-order valence-electron chi connectivity index (χ0n) is 13.8. The molecule has 3 N–H and O–H groups in total. The first-order valence-corrected chi connectivity index (χ1v) is 8.35. The van der Waals surface area contributed by atoms with Crippen LogP contribution in [-0.4, -0.2) is 29.7 Å². The van der Waals surface area contributed by atoms with Crippen LogP contribution in [0.5, 0.6) is 0 Å². The highest BCUT2D eigenvalue weighted by molar-refractivity contribution is 6.39. The van der Waals surface area contributed by atoms with Gasteiger partial charge in [0.05, 0.1) is 26.7 Å². The quantitative estimate of drug-likeness (QED) is 0.523. The van der Waals surface area contributed by atoms with Crippen LogP contribution < -0.4 is 5.73 Å². The third-order valence-corrected chi connectivity index (χ3v) is 4.52. The number of nitrogen functional groups attached to an aromatic ring is 1. The Kier molecular flexibility index (Phi) is 3.42. The molecule has 0 unspecified atom stereocenters. The average Bonchev–Trinajstić information content (AvgIpc) is 3.07. The number of aromatic nitrogens is 6. The van der Waals surface area contributed by atoms with Crippen LogP contribution in [0.2, 0.25) is 10.0 Å². The fourth-order valence-electron chi connectivity index (χ4n) is 2.79. The van der Waals surface area contributed by atoms with E-state index in [-0.39, 0.29) is 5.54 Å². The van der Waals surface area contributed by atoms with Crippen LogP contribution in [0.3, 0.4) is 0 Å². The van der Waals surface area contributed by atoms with E-state index < -0.39 is 0 Å². The van der Waals surface area contributed by atoms with E-state index in [0.29, 0.717) is 43.9 Å². The average molecular weight is 376 g/mol. The minimum absolute atomic E-state index is 0.294. The maximum atomic E-state index is 6.58. The monoisotopic (exact) mass is 375 g/mol. The number of fused-ring (bicyclic) bond motifs is 2. The van der Waals surface area contributed by atoms with Gasteiger partial charge in [-0.2, -0.15) is 5.10 Å². The highest BCUT2D eigenvalue weighted by Crippen LogP contribution is 2.39. The van der Waals surface area contributed by atoms with Gasteiger partial charge in [-0.15, -0.1) is 0 Å². The summed E-state index contributed by atoms with van der Waals surface area (Å²) < 4.78 is 1.82. The molecule has 0 aliphatic heterocycles. The van der Waals surface area contributed by atoms with E-state index in [2.05, 4.69) is 19.9 Å². The molecule has 9 heteroatoms. The van der Waals surface area contributed by atoms with E-state index in [0.717, 1.165) is 5.39 Å². The summed E-state index contributed by atoms with van der Waals surface area (Å²) in [7, 11) is 0. The molecule has 4 aromatic heterocycles. The fraction of sp³-hybridized carbons (Fsp3) is 0.250. The number of nitrogens with two attached hydrogens (primary N) is 1. The second-order valence-electron chi connectivity index (χ2n) is 6.75. The molecule has 0 amide bonds. The Morgan fingerprint density at radius 3 is 2.64 bits per heavy atom. The van der Waals surface area contributed by atoms with Gasteiger partial charge in [-0.3, -0.25) is 0 Å². The van der Waals surface area contributed by atoms with E-state index in [4.69, 9.17) is 34.0 Å². The molecule has 0 fully saturated rings. The molecule has 128 valence electrons. The normalized spacial score (nSPS) is 12.4. The number of nitrogens with zero attached hydrogens (tertiary/aromatic N) is 5. The smallest absolute Gasteiger partial charge is 0.164 e. The molecule has 7 nitrogen and oxygen atoms in total. The number of hydrogen-bond acceptors (Lipinski definition) is 5. The van der Waals surface area contributed by atoms with Crippen molar-refractivity contribution >= 4 is 51.1 Å². The molecule has 4 aromatic rings. The maximum Gasteiger partial charge on any atom is 0.164 e. The molecule has 4 rings (SSSR count). The lowest BCUT2D eigenvalue weighted by molar-refractivity contribution is 0.366. The van der Waals surface area contributed by atoms with E-state index in [1.165, 1.54) is 6.33 Å². The van der Waals surface area contributed by atoms with Crippen LogP contribution in [0.1, 0.15) is 20.8 Å². The number of aromatic amines is 1. The molecule has 4 heterocycles. The van der Waals surface area contributed by atoms with Gasteiger partial charge in [0.1, 0.15) is 23.5 Å². The molecular formula is C16H15Cl2N7. The highest BCUT2D eigenvalue weighted by atomic mass is 35.5. The van der Waals surface area contributed by atoms with Crippen LogP contribution in [0, 0.1) is 0 Å². The van der Waals surface area contributed by atoms with Gasteiger partial charge in [-0.05, 0) is 26.8 Å². The summed E-state index contributed by atoms with van der Waals surface area (Å²) in [5.74, 6) is 0.344. The highest BCUT2D eigenvalue weighted by Gasteiger charge is 2.26. The van der Waals surface area contributed by atoms with Crippen LogP contribution in [0.4, 0.5) is 5.82 Å². The number of halogens is 2. The summed E-state index contributed by atoms with van der Waals surface area (Å²) >= 11 is 12.6. The summed E-state index contributed by atoms with van der Waals surface area (Å²) in [4.78, 5) is 16.0. The van der Waals surface area contributed by atoms with Crippen molar-refractivity contribution in [2.45, 2.75) is 26.3 Å². The molecule has 0 aliphatic rings. The third-order valence-electron chi connectivity index (χ3n) is 3.92. The Morgan fingerprint density at radius 1 is 1.16 bits per heavy atom. The van der Waals surface area contributed by atoms with Gasteiger partial charge < -0.3 is 10.7 Å². The standard InChI is InChI=1S/C16H15Cl2N7/c1-16(2,3)25-15-9(13(19)21-6-22-15)11(24-25)12-10(18)8-4-7(17)5-20-14(8)23-12/h4-6H,1-3H3,(H,20,23)(H2,19,21,22). The summed E-state index contributed by atoms with van der Waals surface area (Å²) in [5, 5.41) is 7.09. The molecule has 0 saturated carbocycles. The van der Waals surface area contributed by atoms with Gasteiger partial charge >= 0.3 is 0 Å². The Hall–Kier alpha value is -2.38. The second-order valence-corrected chi connectivity index (χ2v) is 7.57. The van der Waals surface area contributed by atoms with E-state index >= 15 is 0 Å². The first kappa shape index (κ1) is 16.1. The summed E-state index contributed by atoms with van der Waals surface area (Å²) in [6.07, 6.45) is 2.99. The largest absolute Gasteiger partial charge is 0.383 e. The number of H-pyrrole nitrogens is 1. The number of anilines is 1. The summed E-state index contributed by atoms with van der Waals surface area (Å²) in [6.45, 7) is 6.11. The van der Waals surface area contributed by atoms with Crippen molar-refractivity contribution in [2.24, 2.45) is 0 Å². The Morgan fingerprint density at radius 2 is 1.92 bits per heavy atom. The predicted molar refractivity (Wildman–Crippen MR) is 99.8 cm³/mol. The Balaban J connectivity index is 2.10. The number of nitrogens with one attached hydrogen (secondary N) is 1. The van der Waals surface area contributed by atoms with Gasteiger partial charge in [0.2, 0.25) is 0 Å². The molecule has 0 bridgehead atoms. The van der Waals surface area contributed by atoms with Crippen molar-refractivity contribution < 1.29 is 0 Å². The zero-order valence-corrected chi connectivity index (χ0v) is 15.3. The van der Waals surface area contributed by atoms with Gasteiger partial charge in [0.15, 0.2) is 5.65 Å². The maximum absolute atomic E-state index is 6.58. The van der Waals surface area contributed by atoms with E-state index in [9.17, 15) is 0 Å². The van der Waals surface area contributed by atoms with Crippen molar-refractivity contribution in [3.63, 3.8) is 0 Å². The fourth-order valence-corrected chi connectivity index (χ4v) is 3.23. The lowest BCUT2D eigenvalue weighted by Crippen LogP contribution is -2.23. The molecule has 0 aliphatic carbocycles. The second kappa shape index (κ2) is 5.31. The van der Waals surface area contributed by atoms with Gasteiger partial charge in [-0.25, -0.2) is 19.6 Å². The minimum Gasteiger partial charge on any atom is -0.383 e.